The van der Waals surface area contributed by atoms with Crippen molar-refractivity contribution in [2.24, 2.45) is 0 Å². The lowest BCUT2D eigenvalue weighted by Crippen LogP contribution is -2.39. The number of sulfonamides is 1. The standard InChI is InChI=1S/C39H53N7O10S3/c1-8-40-31-17-21(4)58(52,53)39-28(31)20-34(57-39)59(54,55)45-36(49)24(7)56-33(48)14-13-32(47)43-25-11-12-29-26(18-25)27(37(50)44-29)19-30-22(5)35(23(6)42-30)38(51)41-15-16-46(9-2)10-3/h11-12,18-21,24,31,38,40-42,51H,8-10,13-17H2,1-7H3,(H,43,47)(H,44,50)(H,45,49)/b27-19-/t21-,24?,31-,38?/m0/s1. The summed E-state index contributed by atoms with van der Waals surface area (Å²) in [5.74, 6) is -3.00. The first-order valence-electron chi connectivity index (χ1n) is 19.5. The highest BCUT2D eigenvalue weighted by atomic mass is 32.3. The Morgan fingerprint density at radius 3 is 2.51 bits per heavy atom. The fraction of sp³-hybridized carbons (Fsp3) is 0.487. The number of aliphatic hydroxyl groups is 1. The molecule has 2 unspecified atom stereocenters. The van der Waals surface area contributed by atoms with Crippen LogP contribution in [-0.2, 0) is 43.8 Å². The lowest BCUT2D eigenvalue weighted by molar-refractivity contribution is -0.154. The second-order valence-electron chi connectivity index (χ2n) is 14.5. The topological polar surface area (TPSA) is 245 Å². The van der Waals surface area contributed by atoms with Crippen LogP contribution in [0.2, 0.25) is 0 Å². The minimum Gasteiger partial charge on any atom is -0.452 e. The number of thiophene rings is 1. The van der Waals surface area contributed by atoms with Crippen molar-refractivity contribution in [3.05, 3.63) is 57.9 Å². The maximum atomic E-state index is 13.1. The number of likely N-dealkylation sites (N-methyl/N-ethyl adjacent to an activating group) is 1. The van der Waals surface area contributed by atoms with E-state index >= 15 is 0 Å². The molecule has 0 saturated carbocycles. The van der Waals surface area contributed by atoms with Crippen molar-refractivity contribution in [2.45, 2.75) is 99.8 Å². The van der Waals surface area contributed by atoms with Gasteiger partial charge in [-0.3, -0.25) is 24.5 Å². The zero-order valence-corrected chi connectivity index (χ0v) is 36.6. The molecule has 3 amide bonds. The number of hydrogen-bond donors (Lipinski definition) is 7. The van der Waals surface area contributed by atoms with Crippen LogP contribution in [-0.4, -0.2) is 99.6 Å². The van der Waals surface area contributed by atoms with Crippen LogP contribution in [0.15, 0.2) is 32.7 Å². The molecule has 0 bridgehead atoms. The number of aromatic amines is 1. The first-order valence-corrected chi connectivity index (χ1v) is 23.3. The Hall–Kier alpha value is -4.44. The van der Waals surface area contributed by atoms with Crippen LogP contribution in [0.5, 0.6) is 0 Å². The number of carbonyl (C=O) groups excluding carboxylic acids is 4. The largest absolute Gasteiger partial charge is 0.452 e. The van der Waals surface area contributed by atoms with E-state index in [1.54, 1.807) is 31.2 Å². The monoisotopic (exact) mass is 875 g/mol. The number of aryl methyl sites for hydroxylation is 1. The van der Waals surface area contributed by atoms with Crippen molar-refractivity contribution < 1.29 is 45.9 Å². The molecule has 0 saturated heterocycles. The third-order valence-electron chi connectivity index (χ3n) is 10.5. The summed E-state index contributed by atoms with van der Waals surface area (Å²) >= 11 is 0.556. The number of aromatic nitrogens is 1. The van der Waals surface area contributed by atoms with E-state index in [1.165, 1.54) is 13.0 Å². The molecule has 5 rings (SSSR count). The van der Waals surface area contributed by atoms with E-state index in [0.717, 1.165) is 30.9 Å². The summed E-state index contributed by atoms with van der Waals surface area (Å²) in [7, 11) is -8.28. The number of anilines is 2. The van der Waals surface area contributed by atoms with Crippen LogP contribution in [0.3, 0.4) is 0 Å². The molecule has 3 aromatic rings. The molecule has 1 aromatic carbocycles. The van der Waals surface area contributed by atoms with Gasteiger partial charge in [0.25, 0.3) is 21.8 Å². The zero-order valence-electron chi connectivity index (χ0n) is 34.1. The summed E-state index contributed by atoms with van der Waals surface area (Å²) in [6.07, 6.45) is -1.28. The Labute approximate surface area is 348 Å². The number of benzene rings is 1. The number of amides is 3. The Morgan fingerprint density at radius 1 is 1.12 bits per heavy atom. The molecule has 2 aliphatic heterocycles. The summed E-state index contributed by atoms with van der Waals surface area (Å²) in [6.45, 7) is 16.2. The highest BCUT2D eigenvalue weighted by molar-refractivity contribution is 7.95. The molecular formula is C39H53N7O10S3. The summed E-state index contributed by atoms with van der Waals surface area (Å²) < 4.78 is 58.7. The highest BCUT2D eigenvalue weighted by Crippen LogP contribution is 2.43. The maximum absolute atomic E-state index is 13.1. The first-order chi connectivity index (χ1) is 27.8. The van der Waals surface area contributed by atoms with Crippen molar-refractivity contribution in [1.29, 1.82) is 0 Å². The summed E-state index contributed by atoms with van der Waals surface area (Å²) in [5, 5.41) is 22.1. The average molecular weight is 876 g/mol. The van der Waals surface area contributed by atoms with Crippen LogP contribution in [0, 0.1) is 13.8 Å². The van der Waals surface area contributed by atoms with Gasteiger partial charge in [0.2, 0.25) is 5.91 Å². The van der Waals surface area contributed by atoms with Crippen LogP contribution in [0.1, 0.15) is 99.8 Å². The second kappa shape index (κ2) is 18.9. The van der Waals surface area contributed by atoms with Gasteiger partial charge in [-0.15, -0.1) is 11.3 Å². The van der Waals surface area contributed by atoms with E-state index in [2.05, 4.69) is 45.0 Å². The van der Waals surface area contributed by atoms with Gasteiger partial charge < -0.3 is 35.7 Å². The van der Waals surface area contributed by atoms with Crippen LogP contribution in [0.4, 0.5) is 11.4 Å². The van der Waals surface area contributed by atoms with Gasteiger partial charge in [0.05, 0.1) is 17.2 Å². The number of aliphatic hydroxyl groups excluding tert-OH is 1. The minimum absolute atomic E-state index is 0.0721. The predicted octanol–water partition coefficient (Wildman–Crippen LogP) is 3.48. The van der Waals surface area contributed by atoms with Gasteiger partial charge in [-0.1, -0.05) is 20.8 Å². The molecule has 20 heteroatoms. The lowest BCUT2D eigenvalue weighted by Gasteiger charge is -2.27. The Kier molecular flexibility index (Phi) is 14.6. The van der Waals surface area contributed by atoms with Gasteiger partial charge in [-0.05, 0) is 89.7 Å². The van der Waals surface area contributed by atoms with Gasteiger partial charge in [0.15, 0.2) is 15.9 Å². The van der Waals surface area contributed by atoms with Crippen LogP contribution in [0.25, 0.3) is 11.6 Å². The SMILES string of the molecule is CCN[C@H]1C[C@H](C)S(=O)(=O)c2sc(S(=O)(=O)NC(=O)C(C)OC(=O)CCC(=O)Nc3ccc4c(c3)/C(=C/c3[nH]c(C)c(C(O)NCCN(CC)CC)c3C)C(=O)N4)cc21. The van der Waals surface area contributed by atoms with Crippen molar-refractivity contribution in [1.82, 2.24) is 25.2 Å². The first kappa shape index (κ1) is 45.6. The Balaban J connectivity index is 1.16. The fourth-order valence-electron chi connectivity index (χ4n) is 7.08. The number of carbonyl (C=O) groups is 4. The number of rotatable bonds is 18. The van der Waals surface area contributed by atoms with E-state index < -0.39 is 61.6 Å². The molecular weight excluding hydrogens is 823 g/mol. The van der Waals surface area contributed by atoms with Crippen LogP contribution < -0.4 is 26.0 Å². The van der Waals surface area contributed by atoms with Crippen molar-refractivity contribution >= 4 is 77.9 Å². The molecule has 4 heterocycles. The van der Waals surface area contributed by atoms with Gasteiger partial charge in [0.1, 0.15) is 14.6 Å². The average Bonchev–Trinajstić information content (AvgIpc) is 3.85. The smallest absolute Gasteiger partial charge is 0.307 e. The number of hydrogen-bond acceptors (Lipinski definition) is 14. The van der Waals surface area contributed by atoms with E-state index in [1.807, 2.05) is 25.5 Å². The molecule has 0 aliphatic carbocycles. The molecule has 59 heavy (non-hydrogen) atoms. The third kappa shape index (κ3) is 10.3. The number of nitrogens with zero attached hydrogens (tertiary/aromatic N) is 1. The quantitative estimate of drug-likeness (QED) is 0.0551. The molecule has 0 radical (unpaired) electrons. The lowest BCUT2D eigenvalue weighted by atomic mass is 10.0. The summed E-state index contributed by atoms with van der Waals surface area (Å²) in [6, 6.07) is 5.72. The fourth-order valence-corrected chi connectivity index (χ4v) is 12.1. The van der Waals surface area contributed by atoms with Gasteiger partial charge in [0, 0.05) is 65.0 Å². The zero-order chi connectivity index (χ0) is 43.4. The molecule has 4 atom stereocenters. The molecule has 2 aliphatic rings. The number of sulfone groups is 1. The van der Waals surface area contributed by atoms with Gasteiger partial charge in [-0.2, -0.15) is 0 Å². The number of ether oxygens (including phenoxy) is 1. The Morgan fingerprint density at radius 2 is 1.83 bits per heavy atom. The van der Waals surface area contributed by atoms with Crippen LogP contribution >= 0.6 is 11.3 Å². The summed E-state index contributed by atoms with van der Waals surface area (Å²) in [4.78, 5) is 56.9. The second-order valence-corrected chi connectivity index (χ2v) is 20.0. The van der Waals surface area contributed by atoms with E-state index in [4.69, 9.17) is 4.74 Å². The molecule has 7 N–H and O–H groups in total. The number of esters is 1. The normalized spacial score (nSPS) is 18.9. The minimum atomic E-state index is -4.52. The number of fused-ring (bicyclic) bond motifs is 2. The van der Waals surface area contributed by atoms with Gasteiger partial charge in [-0.25, -0.2) is 21.6 Å². The van der Waals surface area contributed by atoms with Crippen molar-refractivity contribution in [3.8, 4) is 0 Å². The predicted molar refractivity (Wildman–Crippen MR) is 225 cm³/mol. The van der Waals surface area contributed by atoms with Gasteiger partial charge >= 0.3 is 5.97 Å². The molecule has 322 valence electrons. The third-order valence-corrected chi connectivity index (χ3v) is 16.2. The number of nitrogens with one attached hydrogen (secondary N) is 6. The molecule has 0 spiro atoms. The van der Waals surface area contributed by atoms with E-state index in [0.29, 0.717) is 63.8 Å². The molecule has 0 fully saturated rings. The highest BCUT2D eigenvalue weighted by Gasteiger charge is 2.40. The summed E-state index contributed by atoms with van der Waals surface area (Å²) in [5.41, 5.74) is 4.94. The molecule has 17 nitrogen and oxygen atoms in total. The molecule has 2 aromatic heterocycles. The van der Waals surface area contributed by atoms with Crippen molar-refractivity contribution in [3.63, 3.8) is 0 Å². The van der Waals surface area contributed by atoms with E-state index in [-0.39, 0.29) is 33.2 Å². The Bertz CT molecular complexity index is 2350. The maximum Gasteiger partial charge on any atom is 0.307 e. The van der Waals surface area contributed by atoms with Crippen molar-refractivity contribution in [2.75, 3.05) is 43.4 Å². The van der Waals surface area contributed by atoms with E-state index in [9.17, 15) is 41.1 Å². The number of H-pyrrole nitrogens is 1.